The number of carbonyl (C=O) groups excluding carboxylic acids is 1. The highest BCUT2D eigenvalue weighted by atomic mass is 19.1. The van der Waals surface area contributed by atoms with E-state index in [-0.39, 0.29) is 18.1 Å². The van der Waals surface area contributed by atoms with Gasteiger partial charge in [0, 0.05) is 19.5 Å². The second-order valence-corrected chi connectivity index (χ2v) is 8.34. The minimum Gasteiger partial charge on any atom is -0.491 e. The fourth-order valence-corrected chi connectivity index (χ4v) is 4.11. The molecule has 0 fully saturated rings. The molecule has 5 heteroatoms. The van der Waals surface area contributed by atoms with Gasteiger partial charge >= 0.3 is 0 Å². The lowest BCUT2D eigenvalue weighted by atomic mass is 9.99. The number of hydrogen-bond acceptors (Lipinski definition) is 3. The molecule has 0 atom stereocenters. The molecule has 0 unspecified atom stereocenters. The summed E-state index contributed by atoms with van der Waals surface area (Å²) in [5, 5.41) is 0. The van der Waals surface area contributed by atoms with Crippen molar-refractivity contribution in [3.63, 3.8) is 0 Å². The predicted molar refractivity (Wildman–Crippen MR) is 127 cm³/mol. The molecule has 4 nitrogen and oxygen atoms in total. The van der Waals surface area contributed by atoms with Gasteiger partial charge in [0.2, 0.25) is 5.91 Å². The number of ether oxygens (including phenoxy) is 2. The van der Waals surface area contributed by atoms with Crippen LogP contribution >= 0.6 is 0 Å². The molecule has 0 radical (unpaired) electrons. The largest absolute Gasteiger partial charge is 0.491 e. The van der Waals surface area contributed by atoms with Crippen LogP contribution in [0.5, 0.6) is 5.75 Å². The van der Waals surface area contributed by atoms with E-state index in [1.165, 1.54) is 17.2 Å². The van der Waals surface area contributed by atoms with Crippen molar-refractivity contribution < 1.29 is 18.7 Å². The van der Waals surface area contributed by atoms with Crippen molar-refractivity contribution >= 4 is 5.91 Å². The first-order valence-electron chi connectivity index (χ1n) is 11.5. The lowest BCUT2D eigenvalue weighted by Gasteiger charge is -2.24. The summed E-state index contributed by atoms with van der Waals surface area (Å²) in [7, 11) is 0. The van der Waals surface area contributed by atoms with E-state index in [0.717, 1.165) is 29.7 Å². The fourth-order valence-electron chi connectivity index (χ4n) is 4.11. The molecule has 1 amide bonds. The molecule has 0 aliphatic carbocycles. The monoisotopic (exact) mass is 447 g/mol. The van der Waals surface area contributed by atoms with E-state index in [1.54, 1.807) is 23.1 Å². The van der Waals surface area contributed by atoms with Crippen molar-refractivity contribution in [1.29, 1.82) is 0 Å². The van der Waals surface area contributed by atoms with Crippen molar-refractivity contribution in [3.05, 3.63) is 100 Å². The average molecular weight is 448 g/mol. The first-order chi connectivity index (χ1) is 16.1. The van der Waals surface area contributed by atoms with Gasteiger partial charge in [-0.2, -0.15) is 0 Å². The lowest BCUT2D eigenvalue weighted by molar-refractivity contribution is -0.132. The van der Waals surface area contributed by atoms with E-state index in [4.69, 9.17) is 9.47 Å². The summed E-state index contributed by atoms with van der Waals surface area (Å²) in [5.41, 5.74) is 5.04. The molecule has 3 aromatic rings. The van der Waals surface area contributed by atoms with E-state index in [1.807, 2.05) is 18.2 Å². The summed E-state index contributed by atoms with van der Waals surface area (Å²) >= 11 is 0. The van der Waals surface area contributed by atoms with Crippen molar-refractivity contribution in [2.24, 2.45) is 0 Å². The number of halogens is 1. The number of carbonyl (C=O) groups is 1. The van der Waals surface area contributed by atoms with Crippen molar-refractivity contribution in [3.8, 4) is 5.75 Å². The highest BCUT2D eigenvalue weighted by Crippen LogP contribution is 2.25. The molecular formula is C28H30FNO3. The van der Waals surface area contributed by atoms with Crippen LogP contribution in [0, 0.1) is 5.82 Å². The Morgan fingerprint density at radius 1 is 0.970 bits per heavy atom. The topological polar surface area (TPSA) is 38.8 Å². The first kappa shape index (κ1) is 23.0. The van der Waals surface area contributed by atoms with Crippen LogP contribution in [0.2, 0.25) is 0 Å². The predicted octanol–water partition coefficient (Wildman–Crippen LogP) is 4.96. The zero-order chi connectivity index (χ0) is 23.0. The molecule has 0 saturated carbocycles. The third-order valence-corrected chi connectivity index (χ3v) is 5.94. The van der Waals surface area contributed by atoms with Gasteiger partial charge in [0.1, 0.15) is 18.2 Å². The highest BCUT2D eigenvalue weighted by Gasteiger charge is 2.17. The number of benzene rings is 3. The third kappa shape index (κ3) is 6.20. The van der Waals surface area contributed by atoms with Crippen LogP contribution in [-0.2, 0) is 35.3 Å². The van der Waals surface area contributed by atoms with Gasteiger partial charge in [-0.25, -0.2) is 4.39 Å². The molecule has 1 heterocycles. The summed E-state index contributed by atoms with van der Waals surface area (Å²) < 4.78 is 25.9. The Balaban J connectivity index is 1.58. The number of aryl methyl sites for hydroxylation is 1. The summed E-state index contributed by atoms with van der Waals surface area (Å²) in [4.78, 5) is 14.8. The molecular weight excluding hydrogens is 417 g/mol. The standard InChI is InChI=1S/C28H30FNO3/c1-2-21-10-11-27-25(17-21)18-22-6-5-7-23(16-22)20-30(12-13-32-14-15-33-27)28(31)19-24-8-3-4-9-26(24)29/h3-11,16-17H,2,12-15,18-20H2,1H3. The number of fused-ring (bicyclic) bond motifs is 3. The van der Waals surface area contributed by atoms with Crippen LogP contribution < -0.4 is 4.74 Å². The number of amides is 1. The van der Waals surface area contributed by atoms with Crippen molar-refractivity contribution in [1.82, 2.24) is 4.90 Å². The molecule has 172 valence electrons. The molecule has 1 aliphatic heterocycles. The molecule has 33 heavy (non-hydrogen) atoms. The van der Waals surface area contributed by atoms with Crippen molar-refractivity contribution in [2.45, 2.75) is 32.7 Å². The van der Waals surface area contributed by atoms with Gasteiger partial charge in [-0.3, -0.25) is 4.79 Å². The van der Waals surface area contributed by atoms with Gasteiger partial charge in [0.05, 0.1) is 19.6 Å². The summed E-state index contributed by atoms with van der Waals surface area (Å²) in [6.07, 6.45) is 1.75. The SMILES string of the molecule is CCc1ccc2c(c1)Cc1cccc(c1)CN(C(=O)Cc1ccccc1F)CCOCCO2. The highest BCUT2D eigenvalue weighted by molar-refractivity contribution is 5.78. The first-order valence-corrected chi connectivity index (χ1v) is 11.5. The average Bonchev–Trinajstić information content (AvgIpc) is 2.82. The fraction of sp³-hybridized carbons (Fsp3) is 0.321. The Hall–Kier alpha value is -3.18. The maximum atomic E-state index is 14.1. The number of rotatable bonds is 3. The van der Waals surface area contributed by atoms with Gasteiger partial charge < -0.3 is 14.4 Å². The molecule has 0 N–H and O–H groups in total. The van der Waals surface area contributed by atoms with E-state index < -0.39 is 0 Å². The Morgan fingerprint density at radius 3 is 2.67 bits per heavy atom. The van der Waals surface area contributed by atoms with Crippen LogP contribution in [0.1, 0.15) is 34.7 Å². The van der Waals surface area contributed by atoms with E-state index in [9.17, 15) is 9.18 Å². The van der Waals surface area contributed by atoms with Crippen LogP contribution in [0.3, 0.4) is 0 Å². The Labute approximate surface area is 195 Å². The van der Waals surface area contributed by atoms with Crippen LogP contribution in [0.4, 0.5) is 4.39 Å². The van der Waals surface area contributed by atoms with E-state index >= 15 is 0 Å². The van der Waals surface area contributed by atoms with Gasteiger partial charge in [-0.1, -0.05) is 61.5 Å². The van der Waals surface area contributed by atoms with Crippen LogP contribution in [0.25, 0.3) is 0 Å². The minimum atomic E-state index is -0.353. The zero-order valence-electron chi connectivity index (χ0n) is 19.1. The molecule has 0 saturated heterocycles. The normalized spacial score (nSPS) is 14.7. The van der Waals surface area contributed by atoms with E-state index in [0.29, 0.717) is 38.5 Å². The van der Waals surface area contributed by atoms with Crippen molar-refractivity contribution in [2.75, 3.05) is 26.4 Å². The van der Waals surface area contributed by atoms with Crippen LogP contribution in [0.15, 0.2) is 66.7 Å². The van der Waals surface area contributed by atoms with Gasteiger partial charge in [-0.15, -0.1) is 0 Å². The Morgan fingerprint density at radius 2 is 1.82 bits per heavy atom. The summed E-state index contributed by atoms with van der Waals surface area (Å²) in [6.45, 7) is 4.33. The second kappa shape index (κ2) is 11.1. The quantitative estimate of drug-likeness (QED) is 0.570. The third-order valence-electron chi connectivity index (χ3n) is 5.94. The zero-order valence-corrected chi connectivity index (χ0v) is 19.1. The smallest absolute Gasteiger partial charge is 0.227 e. The summed E-state index contributed by atoms with van der Waals surface area (Å²) in [5.74, 6) is 0.420. The van der Waals surface area contributed by atoms with Gasteiger partial charge in [0.15, 0.2) is 0 Å². The van der Waals surface area contributed by atoms with E-state index in [2.05, 4.69) is 31.2 Å². The number of hydrogen-bond donors (Lipinski definition) is 0. The minimum absolute atomic E-state index is 0.0304. The molecule has 0 spiro atoms. The molecule has 2 bridgehead atoms. The van der Waals surface area contributed by atoms with Gasteiger partial charge in [0.25, 0.3) is 0 Å². The molecule has 1 aliphatic rings. The van der Waals surface area contributed by atoms with Crippen LogP contribution in [-0.4, -0.2) is 37.2 Å². The second-order valence-electron chi connectivity index (χ2n) is 8.34. The van der Waals surface area contributed by atoms with Gasteiger partial charge in [-0.05, 0) is 46.4 Å². The maximum Gasteiger partial charge on any atom is 0.227 e. The molecule has 3 aromatic carbocycles. The summed E-state index contributed by atoms with van der Waals surface area (Å²) in [6, 6.07) is 21.1. The Kier molecular flexibility index (Phi) is 7.74. The Bertz CT molecular complexity index is 1100. The lowest BCUT2D eigenvalue weighted by Crippen LogP contribution is -2.35. The maximum absolute atomic E-state index is 14.1. The number of nitrogens with zero attached hydrogens (tertiary/aromatic N) is 1. The molecule has 4 rings (SSSR count). The molecule has 0 aromatic heterocycles.